The molecule has 1 rings (SSSR count). The normalized spacial score (nSPS) is 10.2. The lowest BCUT2D eigenvalue weighted by Crippen LogP contribution is -2.02. The van der Waals surface area contributed by atoms with E-state index in [9.17, 15) is 9.59 Å². The number of carbonyl (C=O) groups excluding carboxylic acids is 2. The molecular formula is C13H14Cl2O3. The van der Waals surface area contributed by atoms with Crippen molar-refractivity contribution in [1.29, 1.82) is 0 Å². The average molecular weight is 289 g/mol. The molecule has 0 heterocycles. The number of halogens is 2. The molecule has 0 amide bonds. The van der Waals surface area contributed by atoms with Crippen molar-refractivity contribution < 1.29 is 14.3 Å². The Hall–Kier alpha value is -1.06. The van der Waals surface area contributed by atoms with Crippen LogP contribution < -0.4 is 0 Å². The fraction of sp³-hybridized carbons (Fsp3) is 0.385. The first-order valence-electron chi connectivity index (χ1n) is 5.59. The average Bonchev–Trinajstić information content (AvgIpc) is 2.37. The van der Waals surface area contributed by atoms with Crippen LogP contribution in [0.5, 0.6) is 0 Å². The summed E-state index contributed by atoms with van der Waals surface area (Å²) in [4.78, 5) is 22.7. The van der Waals surface area contributed by atoms with Crippen LogP contribution in [0.1, 0.15) is 36.0 Å². The molecule has 1 aromatic rings. The third-order valence-electron chi connectivity index (χ3n) is 2.50. The third kappa shape index (κ3) is 4.67. The van der Waals surface area contributed by atoms with Gasteiger partial charge in [0, 0.05) is 18.4 Å². The molecule has 18 heavy (non-hydrogen) atoms. The van der Waals surface area contributed by atoms with Crippen molar-refractivity contribution in [2.75, 3.05) is 7.11 Å². The number of ether oxygens (including phenoxy) is 1. The summed E-state index contributed by atoms with van der Waals surface area (Å²) in [6.07, 6.45) is 2.01. The van der Waals surface area contributed by atoms with Crippen molar-refractivity contribution >= 4 is 35.0 Å². The second-order valence-corrected chi connectivity index (χ2v) is 4.65. The van der Waals surface area contributed by atoms with E-state index >= 15 is 0 Å². The van der Waals surface area contributed by atoms with Gasteiger partial charge in [-0.3, -0.25) is 9.59 Å². The van der Waals surface area contributed by atoms with E-state index in [-0.39, 0.29) is 11.8 Å². The van der Waals surface area contributed by atoms with Crippen LogP contribution in [0.2, 0.25) is 10.0 Å². The maximum atomic E-state index is 11.8. The van der Waals surface area contributed by atoms with E-state index in [1.54, 1.807) is 18.2 Å². The van der Waals surface area contributed by atoms with Crippen LogP contribution in [0.3, 0.4) is 0 Å². The highest BCUT2D eigenvalue weighted by atomic mass is 35.5. The van der Waals surface area contributed by atoms with Gasteiger partial charge in [-0.1, -0.05) is 23.2 Å². The molecule has 0 spiro atoms. The van der Waals surface area contributed by atoms with E-state index in [4.69, 9.17) is 23.2 Å². The summed E-state index contributed by atoms with van der Waals surface area (Å²) in [5, 5.41) is 0.802. The Morgan fingerprint density at radius 2 is 1.78 bits per heavy atom. The summed E-state index contributed by atoms with van der Waals surface area (Å²) >= 11 is 11.6. The molecule has 0 fully saturated rings. The summed E-state index contributed by atoms with van der Waals surface area (Å²) in [6, 6.07) is 4.81. The Morgan fingerprint density at radius 1 is 1.11 bits per heavy atom. The molecule has 5 heteroatoms. The highest BCUT2D eigenvalue weighted by Gasteiger charge is 2.08. The molecule has 0 saturated carbocycles. The lowest BCUT2D eigenvalue weighted by molar-refractivity contribution is -0.140. The van der Waals surface area contributed by atoms with Crippen LogP contribution >= 0.6 is 23.2 Å². The summed E-state index contributed by atoms with van der Waals surface area (Å²) in [5.41, 5.74) is 0.544. The maximum Gasteiger partial charge on any atom is 0.305 e. The van der Waals surface area contributed by atoms with E-state index in [1.807, 2.05) is 0 Å². The molecular weight excluding hydrogens is 275 g/mol. The summed E-state index contributed by atoms with van der Waals surface area (Å²) in [7, 11) is 1.35. The summed E-state index contributed by atoms with van der Waals surface area (Å²) < 4.78 is 4.51. The van der Waals surface area contributed by atoms with Crippen molar-refractivity contribution in [3.05, 3.63) is 33.8 Å². The van der Waals surface area contributed by atoms with Crippen molar-refractivity contribution in [1.82, 2.24) is 0 Å². The quantitative estimate of drug-likeness (QED) is 0.453. The number of hydrogen-bond donors (Lipinski definition) is 0. The Labute approximate surface area is 116 Å². The Bertz CT molecular complexity index is 444. The van der Waals surface area contributed by atoms with Gasteiger partial charge in [0.25, 0.3) is 0 Å². The van der Waals surface area contributed by atoms with Crippen molar-refractivity contribution in [3.63, 3.8) is 0 Å². The monoisotopic (exact) mass is 288 g/mol. The van der Waals surface area contributed by atoms with Crippen LogP contribution in [0, 0.1) is 0 Å². The van der Waals surface area contributed by atoms with Crippen molar-refractivity contribution in [3.8, 4) is 0 Å². The SMILES string of the molecule is COC(=O)CCCCC(=O)c1ccc(Cl)c(Cl)c1. The molecule has 0 aliphatic heterocycles. The van der Waals surface area contributed by atoms with Crippen LogP contribution in [0.15, 0.2) is 18.2 Å². The van der Waals surface area contributed by atoms with E-state index < -0.39 is 0 Å². The minimum atomic E-state index is -0.253. The Kier molecular flexibility index (Phi) is 6.16. The van der Waals surface area contributed by atoms with Gasteiger partial charge in [-0.05, 0) is 31.0 Å². The van der Waals surface area contributed by atoms with Crippen LogP contribution in [-0.4, -0.2) is 18.9 Å². The lowest BCUT2D eigenvalue weighted by atomic mass is 10.0. The largest absolute Gasteiger partial charge is 0.469 e. The summed E-state index contributed by atoms with van der Waals surface area (Å²) in [6.45, 7) is 0. The van der Waals surface area contributed by atoms with E-state index in [1.165, 1.54) is 7.11 Å². The van der Waals surface area contributed by atoms with Gasteiger partial charge in [0.1, 0.15) is 0 Å². The molecule has 0 aliphatic carbocycles. The molecule has 0 radical (unpaired) electrons. The van der Waals surface area contributed by atoms with Gasteiger partial charge in [-0.15, -0.1) is 0 Å². The predicted molar refractivity (Wildman–Crippen MR) is 71.3 cm³/mol. The lowest BCUT2D eigenvalue weighted by Gasteiger charge is -2.03. The molecule has 1 aromatic carbocycles. The van der Waals surface area contributed by atoms with E-state index in [0.717, 1.165) is 0 Å². The Morgan fingerprint density at radius 3 is 2.39 bits per heavy atom. The van der Waals surface area contributed by atoms with Crippen LogP contribution in [0.25, 0.3) is 0 Å². The number of esters is 1. The minimum absolute atomic E-state index is 0.00145. The van der Waals surface area contributed by atoms with Gasteiger partial charge in [0.2, 0.25) is 0 Å². The smallest absolute Gasteiger partial charge is 0.305 e. The molecule has 3 nitrogen and oxygen atoms in total. The highest BCUT2D eigenvalue weighted by molar-refractivity contribution is 6.42. The number of carbonyl (C=O) groups is 2. The first kappa shape index (κ1) is 15.0. The topological polar surface area (TPSA) is 43.4 Å². The standard InChI is InChI=1S/C13H14Cl2O3/c1-18-13(17)5-3-2-4-12(16)9-6-7-10(14)11(15)8-9/h6-8H,2-5H2,1H3. The number of benzene rings is 1. The first-order valence-corrected chi connectivity index (χ1v) is 6.35. The molecule has 0 N–H and O–H groups in total. The zero-order valence-electron chi connectivity index (χ0n) is 10.0. The van der Waals surface area contributed by atoms with Crippen molar-refractivity contribution in [2.24, 2.45) is 0 Å². The van der Waals surface area contributed by atoms with Gasteiger partial charge in [-0.25, -0.2) is 0 Å². The van der Waals surface area contributed by atoms with Crippen molar-refractivity contribution in [2.45, 2.75) is 25.7 Å². The number of unbranched alkanes of at least 4 members (excludes halogenated alkanes) is 1. The number of Topliss-reactive ketones (excluding diaryl/α,β-unsaturated/α-hetero) is 1. The van der Waals surface area contributed by atoms with Crippen LogP contribution in [0.4, 0.5) is 0 Å². The highest BCUT2D eigenvalue weighted by Crippen LogP contribution is 2.23. The first-order chi connectivity index (χ1) is 8.54. The third-order valence-corrected chi connectivity index (χ3v) is 3.24. The molecule has 0 aromatic heterocycles. The number of methoxy groups -OCH3 is 1. The van der Waals surface area contributed by atoms with Crippen LogP contribution in [-0.2, 0) is 9.53 Å². The van der Waals surface area contributed by atoms with Gasteiger partial charge in [0.05, 0.1) is 17.2 Å². The number of hydrogen-bond acceptors (Lipinski definition) is 3. The number of rotatable bonds is 6. The number of ketones is 1. The zero-order valence-corrected chi connectivity index (χ0v) is 11.6. The Balaban J connectivity index is 2.41. The molecule has 0 atom stereocenters. The van der Waals surface area contributed by atoms with Gasteiger partial charge >= 0.3 is 5.97 Å². The van der Waals surface area contributed by atoms with Gasteiger partial charge in [-0.2, -0.15) is 0 Å². The second-order valence-electron chi connectivity index (χ2n) is 3.84. The molecule has 98 valence electrons. The zero-order chi connectivity index (χ0) is 13.5. The predicted octanol–water partition coefficient (Wildman–Crippen LogP) is 3.91. The van der Waals surface area contributed by atoms with Gasteiger partial charge < -0.3 is 4.74 Å². The van der Waals surface area contributed by atoms with E-state index in [0.29, 0.717) is 41.3 Å². The van der Waals surface area contributed by atoms with Gasteiger partial charge in [0.15, 0.2) is 5.78 Å². The second kappa shape index (κ2) is 7.39. The molecule has 0 bridgehead atoms. The summed E-state index contributed by atoms with van der Waals surface area (Å²) in [5.74, 6) is -0.254. The fourth-order valence-electron chi connectivity index (χ4n) is 1.47. The molecule has 0 aliphatic rings. The fourth-order valence-corrected chi connectivity index (χ4v) is 1.77. The van der Waals surface area contributed by atoms with E-state index in [2.05, 4.69) is 4.74 Å². The molecule has 0 saturated heterocycles. The molecule has 0 unspecified atom stereocenters. The minimum Gasteiger partial charge on any atom is -0.469 e. The maximum absolute atomic E-state index is 11.8.